The smallest absolute Gasteiger partial charge is 0.268 e. The lowest BCUT2D eigenvalue weighted by Gasteiger charge is -2.18. The highest BCUT2D eigenvalue weighted by atomic mass is 16.5. The number of nitrogens with zero attached hydrogens (tertiary/aromatic N) is 5. The number of fused-ring (bicyclic) bond motifs is 2. The molecule has 5 heterocycles. The van der Waals surface area contributed by atoms with Gasteiger partial charge in [-0.2, -0.15) is 0 Å². The molecular weight excluding hydrogens is 408 g/mol. The summed E-state index contributed by atoms with van der Waals surface area (Å²) in [6.07, 6.45) is 4.28. The molecule has 164 valence electrons. The number of aromatic nitrogens is 4. The number of hydrogen-bond acceptors (Lipinski definition) is 6. The maximum absolute atomic E-state index is 13.3. The molecule has 1 fully saturated rings. The molecule has 1 atom stereocenters. The number of carbonyl (C=O) groups excluding carboxylic acids is 1. The van der Waals surface area contributed by atoms with Gasteiger partial charge in [0.25, 0.3) is 11.5 Å². The Labute approximate surface area is 184 Å². The van der Waals surface area contributed by atoms with Gasteiger partial charge in [0.2, 0.25) is 0 Å². The van der Waals surface area contributed by atoms with Gasteiger partial charge in [-0.05, 0) is 36.8 Å². The van der Waals surface area contributed by atoms with Crippen LogP contribution in [0.2, 0.25) is 0 Å². The molecule has 4 aromatic rings. The number of ether oxygens (including phenoxy) is 1. The van der Waals surface area contributed by atoms with Crippen LogP contribution < -0.4 is 15.8 Å². The number of pyridine rings is 2. The second kappa shape index (κ2) is 8.43. The van der Waals surface area contributed by atoms with Gasteiger partial charge in [-0.3, -0.25) is 14.0 Å². The van der Waals surface area contributed by atoms with Gasteiger partial charge < -0.3 is 19.5 Å². The summed E-state index contributed by atoms with van der Waals surface area (Å²) in [5, 5.41) is 3.54. The first-order chi connectivity index (χ1) is 15.7. The van der Waals surface area contributed by atoms with Crippen molar-refractivity contribution in [3.63, 3.8) is 0 Å². The molecule has 0 radical (unpaired) electrons. The van der Waals surface area contributed by atoms with E-state index in [-0.39, 0.29) is 17.5 Å². The lowest BCUT2D eigenvalue weighted by molar-refractivity contribution is 0.0929. The third kappa shape index (κ3) is 3.60. The lowest BCUT2D eigenvalue weighted by atomic mass is 10.2. The van der Waals surface area contributed by atoms with E-state index >= 15 is 0 Å². The van der Waals surface area contributed by atoms with Gasteiger partial charge in [0.05, 0.1) is 12.0 Å². The van der Waals surface area contributed by atoms with Crippen LogP contribution in [-0.2, 0) is 11.3 Å². The van der Waals surface area contributed by atoms with Crippen LogP contribution in [0.5, 0.6) is 0 Å². The van der Waals surface area contributed by atoms with Gasteiger partial charge in [0.15, 0.2) is 0 Å². The first kappa shape index (κ1) is 20.2. The van der Waals surface area contributed by atoms with Crippen molar-refractivity contribution in [3.05, 3.63) is 70.9 Å². The van der Waals surface area contributed by atoms with Crippen LogP contribution in [0.15, 0.2) is 59.7 Å². The van der Waals surface area contributed by atoms with Crippen molar-refractivity contribution in [3.8, 4) is 0 Å². The number of methoxy groups -OCH3 is 1. The number of nitrogens with one attached hydrogen (secondary N) is 1. The van der Waals surface area contributed by atoms with E-state index in [9.17, 15) is 9.59 Å². The summed E-state index contributed by atoms with van der Waals surface area (Å²) in [7, 11) is 1.61. The van der Waals surface area contributed by atoms with Crippen LogP contribution in [0, 0.1) is 0 Å². The Bertz CT molecular complexity index is 1330. The van der Waals surface area contributed by atoms with Crippen molar-refractivity contribution in [1.82, 2.24) is 24.3 Å². The molecule has 32 heavy (non-hydrogen) atoms. The topological polar surface area (TPSA) is 93.8 Å². The standard InChI is InChI=1S/C23H24N6O3/c1-32-13-12-28-18(14-17-21(28)26-20-7-3-5-10-29(20)23(17)31)22(30)25-16-8-11-27(15-16)19-6-2-4-9-24-19/h2-7,9-10,14,16H,8,11-13,15H2,1H3,(H,25,30). The first-order valence-corrected chi connectivity index (χ1v) is 10.6. The summed E-state index contributed by atoms with van der Waals surface area (Å²) < 4.78 is 8.50. The summed E-state index contributed by atoms with van der Waals surface area (Å²) in [6, 6.07) is 12.8. The predicted octanol–water partition coefficient (Wildman–Crippen LogP) is 1.70. The van der Waals surface area contributed by atoms with Crippen LogP contribution in [-0.4, -0.2) is 57.7 Å². The minimum absolute atomic E-state index is 0.00785. The number of hydrogen-bond donors (Lipinski definition) is 1. The number of carbonyl (C=O) groups is 1. The normalized spacial score (nSPS) is 16.2. The summed E-state index contributed by atoms with van der Waals surface area (Å²) in [5.41, 5.74) is 1.24. The fraction of sp³-hybridized carbons (Fsp3) is 0.304. The van der Waals surface area contributed by atoms with Gasteiger partial charge in [-0.1, -0.05) is 12.1 Å². The van der Waals surface area contributed by atoms with Gasteiger partial charge in [-0.15, -0.1) is 0 Å². The highest BCUT2D eigenvalue weighted by Gasteiger charge is 2.27. The van der Waals surface area contributed by atoms with Gasteiger partial charge >= 0.3 is 0 Å². The maximum Gasteiger partial charge on any atom is 0.268 e. The molecule has 4 aromatic heterocycles. The molecule has 1 N–H and O–H groups in total. The second-order valence-electron chi connectivity index (χ2n) is 7.85. The van der Waals surface area contributed by atoms with E-state index in [1.165, 1.54) is 4.40 Å². The third-order valence-corrected chi connectivity index (χ3v) is 5.82. The Morgan fingerprint density at radius 1 is 1.25 bits per heavy atom. The van der Waals surface area contributed by atoms with Crippen LogP contribution in [0.25, 0.3) is 16.7 Å². The molecule has 0 aromatic carbocycles. The number of rotatable bonds is 6. The summed E-state index contributed by atoms with van der Waals surface area (Å²) in [5.74, 6) is 0.683. The molecular formula is C23H24N6O3. The zero-order valence-electron chi connectivity index (χ0n) is 17.8. The average Bonchev–Trinajstić information content (AvgIpc) is 3.43. The number of amides is 1. The minimum atomic E-state index is -0.222. The highest BCUT2D eigenvalue weighted by Crippen LogP contribution is 2.20. The maximum atomic E-state index is 13.3. The summed E-state index contributed by atoms with van der Waals surface area (Å²) in [6.45, 7) is 2.33. The van der Waals surface area contributed by atoms with Gasteiger partial charge in [-0.25, -0.2) is 9.97 Å². The Balaban J connectivity index is 1.46. The van der Waals surface area contributed by atoms with E-state index in [2.05, 4.69) is 20.2 Å². The minimum Gasteiger partial charge on any atom is -0.383 e. The van der Waals surface area contributed by atoms with E-state index in [1.54, 1.807) is 42.3 Å². The molecule has 0 saturated carbocycles. The van der Waals surface area contributed by atoms with Crippen molar-refractivity contribution in [2.45, 2.75) is 19.0 Å². The fourth-order valence-electron chi connectivity index (χ4n) is 4.24. The Morgan fingerprint density at radius 2 is 2.12 bits per heavy atom. The van der Waals surface area contributed by atoms with Crippen LogP contribution in [0.4, 0.5) is 5.82 Å². The molecule has 0 bridgehead atoms. The molecule has 5 rings (SSSR count). The molecule has 1 unspecified atom stereocenters. The van der Waals surface area contributed by atoms with Gasteiger partial charge in [0, 0.05) is 45.2 Å². The first-order valence-electron chi connectivity index (χ1n) is 10.6. The monoisotopic (exact) mass is 432 g/mol. The van der Waals surface area contributed by atoms with Crippen LogP contribution in [0.3, 0.4) is 0 Å². The Kier molecular flexibility index (Phi) is 5.32. The quantitative estimate of drug-likeness (QED) is 0.499. The SMILES string of the molecule is COCCn1c(C(=O)NC2CCN(c3ccccn3)C2)cc2c(=O)n3ccccc3nc21. The zero-order chi connectivity index (χ0) is 22.1. The van der Waals surface area contributed by atoms with Gasteiger partial charge in [0.1, 0.15) is 22.8 Å². The van der Waals surface area contributed by atoms with E-state index in [0.29, 0.717) is 42.1 Å². The van der Waals surface area contributed by atoms with Crippen molar-refractivity contribution >= 4 is 28.4 Å². The van der Waals surface area contributed by atoms with Crippen LogP contribution >= 0.6 is 0 Å². The second-order valence-corrected chi connectivity index (χ2v) is 7.85. The largest absolute Gasteiger partial charge is 0.383 e. The highest BCUT2D eigenvalue weighted by molar-refractivity contribution is 5.98. The summed E-state index contributed by atoms with van der Waals surface area (Å²) >= 11 is 0. The molecule has 0 aliphatic carbocycles. The Hall–Kier alpha value is -3.72. The van der Waals surface area contributed by atoms with Crippen molar-refractivity contribution in [2.75, 3.05) is 31.7 Å². The molecule has 1 aliphatic rings. The third-order valence-electron chi connectivity index (χ3n) is 5.82. The average molecular weight is 432 g/mol. The molecule has 1 amide bonds. The zero-order valence-corrected chi connectivity index (χ0v) is 17.8. The van der Waals surface area contributed by atoms with E-state index in [1.807, 2.05) is 24.3 Å². The van der Waals surface area contributed by atoms with E-state index < -0.39 is 0 Å². The molecule has 1 saturated heterocycles. The van der Waals surface area contributed by atoms with E-state index in [0.717, 1.165) is 18.8 Å². The van der Waals surface area contributed by atoms with E-state index in [4.69, 9.17) is 4.74 Å². The number of anilines is 1. The van der Waals surface area contributed by atoms with Crippen molar-refractivity contribution < 1.29 is 9.53 Å². The Morgan fingerprint density at radius 3 is 2.94 bits per heavy atom. The lowest BCUT2D eigenvalue weighted by Crippen LogP contribution is -2.38. The molecule has 9 heteroatoms. The van der Waals surface area contributed by atoms with Crippen molar-refractivity contribution in [2.24, 2.45) is 0 Å². The summed E-state index contributed by atoms with van der Waals surface area (Å²) in [4.78, 5) is 37.5. The van der Waals surface area contributed by atoms with Crippen LogP contribution in [0.1, 0.15) is 16.9 Å². The predicted molar refractivity (Wildman–Crippen MR) is 121 cm³/mol. The van der Waals surface area contributed by atoms with Crippen molar-refractivity contribution in [1.29, 1.82) is 0 Å². The molecule has 9 nitrogen and oxygen atoms in total. The fourth-order valence-corrected chi connectivity index (χ4v) is 4.24. The molecule has 0 spiro atoms. The molecule has 1 aliphatic heterocycles.